The van der Waals surface area contributed by atoms with Crippen LogP contribution in [-0.4, -0.2) is 73.4 Å². The Morgan fingerprint density at radius 1 is 1.12 bits per heavy atom. The second kappa shape index (κ2) is 11.8. The number of hydrogen-bond acceptors (Lipinski definition) is 7. The molecule has 4 aliphatic rings. The predicted molar refractivity (Wildman–Crippen MR) is 159 cm³/mol. The number of hydrogen-bond donors (Lipinski definition) is 4. The van der Waals surface area contributed by atoms with Gasteiger partial charge in [-0.1, -0.05) is 30.0 Å². The first kappa shape index (κ1) is 27.6. The Kier molecular flexibility index (Phi) is 7.92. The lowest BCUT2D eigenvalue weighted by atomic mass is 9.86. The van der Waals surface area contributed by atoms with Crippen molar-refractivity contribution >= 4 is 35.3 Å². The van der Waals surface area contributed by atoms with Crippen LogP contribution in [0.4, 0.5) is 10.5 Å². The van der Waals surface area contributed by atoms with E-state index in [1.807, 2.05) is 60.4 Å². The van der Waals surface area contributed by atoms with Crippen molar-refractivity contribution in [1.82, 2.24) is 26.2 Å². The number of likely N-dealkylation sites (N-methyl/N-ethyl adjacent to an activating group) is 1. The minimum Gasteiger partial charge on any atom is -0.457 e. The van der Waals surface area contributed by atoms with E-state index in [0.717, 1.165) is 42.8 Å². The molecule has 3 fully saturated rings. The number of thioether (sulfide) groups is 1. The summed E-state index contributed by atoms with van der Waals surface area (Å²) < 4.78 is 6.00. The number of aryl methyl sites for hydroxylation is 1. The van der Waals surface area contributed by atoms with Crippen molar-refractivity contribution in [3.63, 3.8) is 0 Å². The topological polar surface area (TPSA) is 115 Å². The molecule has 11 heteroatoms. The number of ether oxygens (including phenoxy) is 1. The Hall–Kier alpha value is -3.54. The maximum absolute atomic E-state index is 13.6. The molecule has 2 aromatic rings. The van der Waals surface area contributed by atoms with E-state index < -0.39 is 0 Å². The van der Waals surface area contributed by atoms with Crippen molar-refractivity contribution in [3.8, 4) is 11.5 Å². The average molecular weight is 577 g/mol. The first-order chi connectivity index (χ1) is 19.9. The number of carbonyl (C=O) groups excluding carboxylic acids is 3. The van der Waals surface area contributed by atoms with Crippen LogP contribution in [0.2, 0.25) is 0 Å². The number of piperidine rings is 2. The molecule has 0 radical (unpaired) electrons. The minimum atomic E-state index is -0.226. The second-order valence-corrected chi connectivity index (χ2v) is 12.1. The third-order valence-corrected chi connectivity index (χ3v) is 9.55. The highest BCUT2D eigenvalue weighted by atomic mass is 32.2. The summed E-state index contributed by atoms with van der Waals surface area (Å²) in [7, 11) is 1.75. The van der Waals surface area contributed by atoms with Crippen molar-refractivity contribution in [2.45, 2.75) is 43.6 Å². The van der Waals surface area contributed by atoms with Gasteiger partial charge in [-0.3, -0.25) is 14.5 Å². The molecule has 3 saturated heterocycles. The van der Waals surface area contributed by atoms with Gasteiger partial charge in [-0.2, -0.15) is 0 Å². The molecule has 3 unspecified atom stereocenters. The SMILES string of the molecule is CNCC(=O)N1CCC[C@@H](NC(=O)C2=C3NC(=O)N(c4ccc(Oc5ccccc5)cc4C)C4CCNC(S2)C34)C1. The van der Waals surface area contributed by atoms with Crippen LogP contribution in [0.3, 0.4) is 0 Å². The van der Waals surface area contributed by atoms with E-state index in [2.05, 4.69) is 21.3 Å². The first-order valence-corrected chi connectivity index (χ1v) is 15.1. The molecular weight excluding hydrogens is 540 g/mol. The fraction of sp³-hybridized carbons (Fsp3) is 0.433. The Morgan fingerprint density at radius 2 is 1.95 bits per heavy atom. The highest BCUT2D eigenvalue weighted by Gasteiger charge is 2.52. The zero-order valence-corrected chi connectivity index (χ0v) is 24.1. The van der Waals surface area contributed by atoms with Gasteiger partial charge in [0.1, 0.15) is 11.5 Å². The number of para-hydroxylation sites is 1. The molecule has 0 aromatic heterocycles. The smallest absolute Gasteiger partial charge is 0.326 e. The molecule has 4 N–H and O–H groups in total. The number of anilines is 1. The molecule has 4 aliphatic heterocycles. The number of benzene rings is 2. The van der Waals surface area contributed by atoms with Crippen molar-refractivity contribution in [2.75, 3.05) is 38.1 Å². The third kappa shape index (κ3) is 5.53. The van der Waals surface area contributed by atoms with E-state index in [0.29, 0.717) is 29.4 Å². The van der Waals surface area contributed by atoms with Gasteiger partial charge in [0.05, 0.1) is 22.9 Å². The molecule has 4 atom stereocenters. The maximum atomic E-state index is 13.6. The van der Waals surface area contributed by atoms with Crippen molar-refractivity contribution in [3.05, 3.63) is 64.7 Å². The van der Waals surface area contributed by atoms with Gasteiger partial charge in [-0.15, -0.1) is 0 Å². The van der Waals surface area contributed by atoms with E-state index in [4.69, 9.17) is 4.74 Å². The third-order valence-electron chi connectivity index (χ3n) is 8.19. The zero-order valence-electron chi connectivity index (χ0n) is 23.3. The van der Waals surface area contributed by atoms with Gasteiger partial charge in [0, 0.05) is 36.4 Å². The molecule has 0 bridgehead atoms. The zero-order chi connectivity index (χ0) is 28.5. The van der Waals surface area contributed by atoms with Gasteiger partial charge in [-0.05, 0) is 75.7 Å². The predicted octanol–water partition coefficient (Wildman–Crippen LogP) is 2.91. The normalized spacial score (nSPS) is 25.5. The number of amides is 4. The van der Waals surface area contributed by atoms with Gasteiger partial charge in [0.25, 0.3) is 5.91 Å². The lowest BCUT2D eigenvalue weighted by Gasteiger charge is -2.46. The standard InChI is InChI=1S/C30H36N6O4S/c1-18-15-21(40-20-8-4-3-5-9-20)10-11-22(18)36-23-12-13-32-29-25(23)26(34-30(36)39)27(41-29)28(38)33-19-7-6-14-35(17-19)24(37)16-31-2/h3-5,8-11,15,19,23,25,29,31-32H,6-7,12-14,16-17H2,1-2H3,(H,33,38)(H,34,39)/t19-,23?,25?,29?/m1/s1. The van der Waals surface area contributed by atoms with Crippen LogP contribution >= 0.6 is 11.8 Å². The Labute approximate surface area is 244 Å². The summed E-state index contributed by atoms with van der Waals surface area (Å²) >= 11 is 1.49. The van der Waals surface area contributed by atoms with E-state index >= 15 is 0 Å². The van der Waals surface area contributed by atoms with Gasteiger partial charge < -0.3 is 30.9 Å². The number of urea groups is 1. The van der Waals surface area contributed by atoms with Gasteiger partial charge in [-0.25, -0.2) is 4.79 Å². The van der Waals surface area contributed by atoms with Crippen LogP contribution in [0.25, 0.3) is 0 Å². The molecule has 4 heterocycles. The summed E-state index contributed by atoms with van der Waals surface area (Å²) in [5, 5.41) is 12.7. The maximum Gasteiger partial charge on any atom is 0.326 e. The van der Waals surface area contributed by atoms with Crippen molar-refractivity contribution < 1.29 is 19.1 Å². The summed E-state index contributed by atoms with van der Waals surface area (Å²) in [4.78, 5) is 43.8. The largest absolute Gasteiger partial charge is 0.457 e. The molecule has 0 saturated carbocycles. The summed E-state index contributed by atoms with van der Waals surface area (Å²) in [6.45, 7) is 4.23. The van der Waals surface area contributed by atoms with Crippen LogP contribution in [0.15, 0.2) is 59.1 Å². The van der Waals surface area contributed by atoms with Crippen LogP contribution in [0.1, 0.15) is 24.8 Å². The molecule has 41 heavy (non-hydrogen) atoms. The molecule has 6 rings (SSSR count). The summed E-state index contributed by atoms with van der Waals surface area (Å²) in [6.07, 6.45) is 2.44. The lowest BCUT2D eigenvalue weighted by Crippen LogP contribution is -2.62. The van der Waals surface area contributed by atoms with Crippen LogP contribution in [0, 0.1) is 12.8 Å². The van der Waals surface area contributed by atoms with Gasteiger partial charge >= 0.3 is 6.03 Å². The highest BCUT2D eigenvalue weighted by Crippen LogP contribution is 2.48. The first-order valence-electron chi connectivity index (χ1n) is 14.2. The summed E-state index contributed by atoms with van der Waals surface area (Å²) in [5.41, 5.74) is 2.48. The second-order valence-electron chi connectivity index (χ2n) is 11.0. The summed E-state index contributed by atoms with van der Waals surface area (Å²) in [5.74, 6) is 1.29. The van der Waals surface area contributed by atoms with Crippen LogP contribution < -0.4 is 30.9 Å². The molecule has 4 amide bonds. The number of carbonyl (C=O) groups is 3. The van der Waals surface area contributed by atoms with E-state index in [1.165, 1.54) is 11.8 Å². The Bertz CT molecular complexity index is 1370. The molecule has 10 nitrogen and oxygen atoms in total. The molecule has 0 aliphatic carbocycles. The van der Waals surface area contributed by atoms with Crippen LogP contribution in [0.5, 0.6) is 11.5 Å². The molecule has 216 valence electrons. The number of nitrogens with one attached hydrogen (secondary N) is 4. The molecule has 2 aromatic carbocycles. The van der Waals surface area contributed by atoms with E-state index in [-0.39, 0.29) is 47.8 Å². The highest BCUT2D eigenvalue weighted by molar-refractivity contribution is 8.04. The Balaban J connectivity index is 1.20. The lowest BCUT2D eigenvalue weighted by molar-refractivity contribution is -0.132. The fourth-order valence-corrected chi connectivity index (χ4v) is 7.72. The quantitative estimate of drug-likeness (QED) is 0.401. The summed E-state index contributed by atoms with van der Waals surface area (Å²) in [6, 6.07) is 15.0. The molecular formula is C30H36N6O4S. The Morgan fingerprint density at radius 3 is 2.73 bits per heavy atom. The average Bonchev–Trinajstić information content (AvgIpc) is 3.34. The minimum absolute atomic E-state index is 0.00588. The van der Waals surface area contributed by atoms with E-state index in [9.17, 15) is 14.4 Å². The van der Waals surface area contributed by atoms with Crippen LogP contribution in [-0.2, 0) is 9.59 Å². The monoisotopic (exact) mass is 576 g/mol. The molecule has 0 spiro atoms. The van der Waals surface area contributed by atoms with Crippen molar-refractivity contribution in [1.29, 1.82) is 0 Å². The fourth-order valence-electron chi connectivity index (χ4n) is 6.32. The number of rotatable bonds is 7. The number of likely N-dealkylation sites (tertiary alicyclic amines) is 1. The van der Waals surface area contributed by atoms with Crippen molar-refractivity contribution in [2.24, 2.45) is 5.92 Å². The van der Waals surface area contributed by atoms with E-state index in [1.54, 1.807) is 11.9 Å². The number of nitrogens with zero attached hydrogens (tertiary/aromatic N) is 2. The van der Waals surface area contributed by atoms with Gasteiger partial charge in [0.15, 0.2) is 0 Å². The van der Waals surface area contributed by atoms with Gasteiger partial charge in [0.2, 0.25) is 5.91 Å².